The maximum absolute atomic E-state index is 14.1. The first-order valence-corrected chi connectivity index (χ1v) is 12.1. The Kier molecular flexibility index (Phi) is 8.71. The minimum atomic E-state index is -4.23. The summed E-state index contributed by atoms with van der Waals surface area (Å²) in [7, 11) is -2.29. The molecule has 0 heterocycles. The number of hydrogen-bond donors (Lipinski definition) is 2. The van der Waals surface area contributed by atoms with Crippen molar-refractivity contribution in [3.8, 4) is 0 Å². The van der Waals surface area contributed by atoms with Gasteiger partial charge in [-0.05, 0) is 36.7 Å². The Morgan fingerprint density at radius 1 is 0.909 bits per heavy atom. The van der Waals surface area contributed by atoms with Crippen molar-refractivity contribution in [1.82, 2.24) is 14.9 Å². The summed E-state index contributed by atoms with van der Waals surface area (Å²) in [6.07, 6.45) is 0.139. The van der Waals surface area contributed by atoms with E-state index in [1.54, 1.807) is 0 Å². The fraction of sp³-hybridized carbons (Fsp3) is 0.240. The normalized spacial score (nSPS) is 12.5. The maximum atomic E-state index is 14.1. The van der Waals surface area contributed by atoms with Crippen molar-refractivity contribution in [2.45, 2.75) is 23.9 Å². The monoisotopic (exact) mass is 469 g/mol. The molecule has 8 heteroatoms. The highest BCUT2D eigenvalue weighted by molar-refractivity contribution is 7.89. The average molecular weight is 470 g/mol. The number of rotatable bonds is 11. The van der Waals surface area contributed by atoms with Crippen molar-refractivity contribution in [1.29, 1.82) is 0 Å². The zero-order valence-electron chi connectivity index (χ0n) is 18.4. The largest absolute Gasteiger partial charge is 0.353 e. The van der Waals surface area contributed by atoms with Crippen molar-refractivity contribution < 1.29 is 17.6 Å². The molecule has 2 N–H and O–H groups in total. The second-order valence-electron chi connectivity index (χ2n) is 7.81. The van der Waals surface area contributed by atoms with Crippen molar-refractivity contribution in [3.05, 3.63) is 102 Å². The van der Waals surface area contributed by atoms with E-state index in [-0.39, 0.29) is 6.42 Å². The van der Waals surface area contributed by atoms with Gasteiger partial charge in [0.15, 0.2) is 0 Å². The summed E-state index contributed by atoms with van der Waals surface area (Å²) in [6.45, 7) is 1.65. The maximum Gasteiger partial charge on any atom is 0.244 e. The molecular weight excluding hydrogens is 441 g/mol. The number of benzene rings is 3. The van der Waals surface area contributed by atoms with Gasteiger partial charge in [0.1, 0.15) is 16.8 Å². The smallest absolute Gasteiger partial charge is 0.244 e. The Morgan fingerprint density at radius 3 is 2.12 bits per heavy atom. The number of sulfonamides is 1. The van der Waals surface area contributed by atoms with Gasteiger partial charge in [-0.3, -0.25) is 4.79 Å². The van der Waals surface area contributed by atoms with Gasteiger partial charge in [0.05, 0.1) is 0 Å². The number of halogens is 1. The lowest BCUT2D eigenvalue weighted by Crippen LogP contribution is -2.49. The average Bonchev–Trinajstić information content (AvgIpc) is 2.80. The molecule has 1 amide bonds. The molecule has 1 atom stereocenters. The van der Waals surface area contributed by atoms with Gasteiger partial charge in [0, 0.05) is 19.6 Å². The van der Waals surface area contributed by atoms with E-state index in [0.29, 0.717) is 13.1 Å². The van der Waals surface area contributed by atoms with E-state index in [2.05, 4.69) is 14.9 Å². The SMILES string of the molecule is CN(CCNC(=O)C(Cc1ccccc1)NS(=O)(=O)c1ccccc1F)Cc1ccccc1. The fourth-order valence-corrected chi connectivity index (χ4v) is 4.69. The van der Waals surface area contributed by atoms with Crippen LogP contribution in [0.15, 0.2) is 89.8 Å². The third-order valence-electron chi connectivity index (χ3n) is 5.11. The molecule has 0 radical (unpaired) electrons. The highest BCUT2D eigenvalue weighted by Gasteiger charge is 2.27. The number of hydrogen-bond acceptors (Lipinski definition) is 4. The van der Waals surface area contributed by atoms with E-state index in [0.717, 1.165) is 23.7 Å². The molecule has 0 aliphatic carbocycles. The number of nitrogens with zero attached hydrogens (tertiary/aromatic N) is 1. The predicted molar refractivity (Wildman–Crippen MR) is 126 cm³/mol. The van der Waals surface area contributed by atoms with E-state index in [9.17, 15) is 17.6 Å². The van der Waals surface area contributed by atoms with Crippen molar-refractivity contribution >= 4 is 15.9 Å². The standard InChI is InChI=1S/C25H28FN3O3S/c1-29(19-21-12-6-3-7-13-21)17-16-27-25(30)23(18-20-10-4-2-5-11-20)28-33(31,32)24-15-9-8-14-22(24)26/h2-15,23,28H,16-19H2,1H3,(H,27,30). The third kappa shape index (κ3) is 7.49. The number of nitrogens with one attached hydrogen (secondary N) is 2. The molecule has 0 aromatic heterocycles. The van der Waals surface area contributed by atoms with Crippen molar-refractivity contribution in [2.75, 3.05) is 20.1 Å². The Balaban J connectivity index is 1.65. The lowest BCUT2D eigenvalue weighted by atomic mass is 10.1. The van der Waals surface area contributed by atoms with Crippen LogP contribution in [0, 0.1) is 5.82 Å². The van der Waals surface area contributed by atoms with Gasteiger partial charge in [-0.1, -0.05) is 72.8 Å². The summed E-state index contributed by atoms with van der Waals surface area (Å²) >= 11 is 0. The Morgan fingerprint density at radius 2 is 1.48 bits per heavy atom. The second-order valence-corrected chi connectivity index (χ2v) is 9.49. The van der Waals surface area contributed by atoms with Gasteiger partial charge in [0.2, 0.25) is 15.9 Å². The highest BCUT2D eigenvalue weighted by Crippen LogP contribution is 2.15. The molecule has 0 fully saturated rings. The molecule has 174 valence electrons. The Hall–Kier alpha value is -3.07. The molecule has 0 aliphatic heterocycles. The van der Waals surface area contributed by atoms with Gasteiger partial charge in [0.25, 0.3) is 0 Å². The first kappa shape index (κ1) is 24.6. The van der Waals surface area contributed by atoms with Gasteiger partial charge < -0.3 is 10.2 Å². The van der Waals surface area contributed by atoms with Gasteiger partial charge >= 0.3 is 0 Å². The number of carbonyl (C=O) groups is 1. The Bertz CT molecular complexity index is 1140. The van der Waals surface area contributed by atoms with Crippen LogP contribution < -0.4 is 10.0 Å². The molecule has 3 rings (SSSR count). The highest BCUT2D eigenvalue weighted by atomic mass is 32.2. The van der Waals surface area contributed by atoms with E-state index >= 15 is 0 Å². The number of likely N-dealkylation sites (N-methyl/N-ethyl adjacent to an activating group) is 1. The van der Waals surface area contributed by atoms with E-state index in [1.807, 2.05) is 67.7 Å². The summed E-state index contributed by atoms with van der Waals surface area (Å²) in [5.41, 5.74) is 1.95. The summed E-state index contributed by atoms with van der Waals surface area (Å²) in [5.74, 6) is -1.33. The molecule has 0 spiro atoms. The van der Waals surface area contributed by atoms with Crippen LogP contribution in [0.1, 0.15) is 11.1 Å². The Labute approximate surface area is 194 Å². The van der Waals surface area contributed by atoms with Crippen LogP contribution in [0.25, 0.3) is 0 Å². The number of amides is 1. The van der Waals surface area contributed by atoms with Crippen LogP contribution >= 0.6 is 0 Å². The summed E-state index contributed by atoms with van der Waals surface area (Å²) < 4.78 is 42.1. The lowest BCUT2D eigenvalue weighted by Gasteiger charge is -2.21. The van der Waals surface area contributed by atoms with E-state index < -0.39 is 32.7 Å². The zero-order valence-corrected chi connectivity index (χ0v) is 19.3. The van der Waals surface area contributed by atoms with E-state index in [4.69, 9.17) is 0 Å². The molecule has 6 nitrogen and oxygen atoms in total. The molecule has 0 bridgehead atoms. The molecule has 33 heavy (non-hydrogen) atoms. The minimum Gasteiger partial charge on any atom is -0.353 e. The topological polar surface area (TPSA) is 78.5 Å². The zero-order chi connectivity index (χ0) is 23.7. The quantitative estimate of drug-likeness (QED) is 0.453. The summed E-state index contributed by atoms with van der Waals surface area (Å²) in [4.78, 5) is 14.5. The molecular formula is C25H28FN3O3S. The van der Waals surface area contributed by atoms with Crippen LogP contribution in [0.3, 0.4) is 0 Å². The van der Waals surface area contributed by atoms with Crippen LogP contribution in [0.2, 0.25) is 0 Å². The molecule has 1 unspecified atom stereocenters. The van der Waals surface area contributed by atoms with Crippen LogP contribution in [0.4, 0.5) is 4.39 Å². The first-order chi connectivity index (χ1) is 15.8. The molecule has 0 saturated heterocycles. The molecule has 3 aromatic carbocycles. The molecule has 0 saturated carbocycles. The van der Waals surface area contributed by atoms with E-state index in [1.165, 1.54) is 18.2 Å². The lowest BCUT2D eigenvalue weighted by molar-refractivity contribution is -0.122. The second kappa shape index (κ2) is 11.7. The van der Waals surface area contributed by atoms with Crippen molar-refractivity contribution in [3.63, 3.8) is 0 Å². The summed E-state index contributed by atoms with van der Waals surface area (Å²) in [5, 5.41) is 2.81. The molecule has 0 aliphatic rings. The predicted octanol–water partition coefficient (Wildman–Crippen LogP) is 2.96. The third-order valence-corrected chi connectivity index (χ3v) is 6.62. The summed E-state index contributed by atoms with van der Waals surface area (Å²) in [6, 6.07) is 23.1. The van der Waals surface area contributed by atoms with Gasteiger partial charge in [-0.2, -0.15) is 4.72 Å². The van der Waals surface area contributed by atoms with Gasteiger partial charge in [-0.25, -0.2) is 12.8 Å². The van der Waals surface area contributed by atoms with Crippen molar-refractivity contribution in [2.24, 2.45) is 0 Å². The number of carbonyl (C=O) groups excluding carboxylic acids is 1. The van der Waals surface area contributed by atoms with Crippen LogP contribution in [0.5, 0.6) is 0 Å². The van der Waals surface area contributed by atoms with Crippen LogP contribution in [-0.4, -0.2) is 45.4 Å². The fourth-order valence-electron chi connectivity index (χ4n) is 3.42. The first-order valence-electron chi connectivity index (χ1n) is 10.7. The van der Waals surface area contributed by atoms with Crippen LogP contribution in [-0.2, 0) is 27.8 Å². The molecule has 3 aromatic rings. The minimum absolute atomic E-state index is 0.139. The van der Waals surface area contributed by atoms with Gasteiger partial charge in [-0.15, -0.1) is 0 Å².